The van der Waals surface area contributed by atoms with Gasteiger partial charge >= 0.3 is 6.18 Å². The number of alkyl halides is 3. The van der Waals surface area contributed by atoms with Gasteiger partial charge in [0.15, 0.2) is 6.10 Å². The summed E-state index contributed by atoms with van der Waals surface area (Å²) in [6.45, 7) is 0.696. The van der Waals surface area contributed by atoms with Crippen molar-refractivity contribution in [3.8, 4) is 0 Å². The van der Waals surface area contributed by atoms with E-state index in [9.17, 15) is 18.0 Å². The second-order valence-electron chi connectivity index (χ2n) is 5.58. The molecule has 0 fully saturated rings. The highest BCUT2D eigenvalue weighted by Crippen LogP contribution is 2.36. The van der Waals surface area contributed by atoms with Gasteiger partial charge in [-0.3, -0.25) is 9.89 Å². The standard InChI is InChI=1S/C16H16F3N3O2/c1-24-14(11-4-2-3-5-12(11)16(17,18)19)15(23)22-7-6-10-8-20-21-13(10)9-22/h2-5,8,14H,6-7,9H2,1H3,(H,20,21)/t14-/m1/s1. The number of rotatable bonds is 3. The number of carbonyl (C=O) groups is 1. The lowest BCUT2D eigenvalue weighted by molar-refractivity contribution is -0.147. The van der Waals surface area contributed by atoms with Gasteiger partial charge in [-0.2, -0.15) is 18.3 Å². The maximum atomic E-state index is 13.2. The van der Waals surface area contributed by atoms with Crippen LogP contribution in [0.2, 0.25) is 0 Å². The molecule has 1 aromatic carbocycles. The molecule has 0 spiro atoms. The molecule has 1 aliphatic heterocycles. The Morgan fingerprint density at radius 2 is 2.12 bits per heavy atom. The molecule has 24 heavy (non-hydrogen) atoms. The van der Waals surface area contributed by atoms with Gasteiger partial charge in [0.2, 0.25) is 0 Å². The first-order valence-electron chi connectivity index (χ1n) is 7.40. The average molecular weight is 339 g/mol. The molecule has 8 heteroatoms. The van der Waals surface area contributed by atoms with Gasteiger partial charge in [0, 0.05) is 19.2 Å². The van der Waals surface area contributed by atoms with E-state index in [4.69, 9.17) is 4.74 Å². The molecule has 0 aliphatic carbocycles. The Balaban J connectivity index is 1.89. The zero-order valence-corrected chi connectivity index (χ0v) is 12.9. The van der Waals surface area contributed by atoms with Crippen molar-refractivity contribution in [1.29, 1.82) is 0 Å². The van der Waals surface area contributed by atoms with Crippen molar-refractivity contribution in [2.45, 2.75) is 25.2 Å². The lowest BCUT2D eigenvalue weighted by Gasteiger charge is -2.30. The highest BCUT2D eigenvalue weighted by Gasteiger charge is 2.38. The number of fused-ring (bicyclic) bond motifs is 1. The number of halogens is 3. The molecule has 0 bridgehead atoms. The Morgan fingerprint density at radius 1 is 1.38 bits per heavy atom. The molecule has 2 aromatic rings. The van der Waals surface area contributed by atoms with Crippen molar-refractivity contribution in [3.63, 3.8) is 0 Å². The van der Waals surface area contributed by atoms with E-state index in [1.54, 1.807) is 6.20 Å². The van der Waals surface area contributed by atoms with E-state index in [1.807, 2.05) is 0 Å². The van der Waals surface area contributed by atoms with Gasteiger partial charge in [-0.05, 0) is 18.1 Å². The van der Waals surface area contributed by atoms with Crippen LogP contribution in [0.25, 0.3) is 0 Å². The molecule has 1 aromatic heterocycles. The second kappa shape index (κ2) is 6.27. The smallest absolute Gasteiger partial charge is 0.367 e. The van der Waals surface area contributed by atoms with Crippen LogP contribution in [-0.4, -0.2) is 34.7 Å². The van der Waals surface area contributed by atoms with Crippen LogP contribution in [-0.2, 0) is 28.7 Å². The number of methoxy groups -OCH3 is 1. The fourth-order valence-electron chi connectivity index (χ4n) is 2.91. The molecular weight excluding hydrogens is 323 g/mol. The van der Waals surface area contributed by atoms with Crippen LogP contribution in [0.3, 0.4) is 0 Å². The van der Waals surface area contributed by atoms with E-state index in [-0.39, 0.29) is 12.1 Å². The summed E-state index contributed by atoms with van der Waals surface area (Å²) < 4.78 is 44.8. The molecule has 0 saturated carbocycles. The molecule has 1 amide bonds. The van der Waals surface area contributed by atoms with Gasteiger partial charge in [-0.15, -0.1) is 0 Å². The van der Waals surface area contributed by atoms with E-state index in [0.717, 1.165) is 17.3 Å². The summed E-state index contributed by atoms with van der Waals surface area (Å²) in [7, 11) is 1.24. The van der Waals surface area contributed by atoms with Gasteiger partial charge in [-0.1, -0.05) is 18.2 Å². The summed E-state index contributed by atoms with van der Waals surface area (Å²) in [5.41, 5.74) is 0.787. The zero-order valence-electron chi connectivity index (χ0n) is 12.9. The van der Waals surface area contributed by atoms with Gasteiger partial charge in [0.1, 0.15) is 0 Å². The third-order valence-electron chi connectivity index (χ3n) is 4.13. The van der Waals surface area contributed by atoms with Crippen LogP contribution < -0.4 is 0 Å². The normalized spacial score (nSPS) is 15.9. The number of aromatic amines is 1. The Labute approximate surface area is 136 Å². The summed E-state index contributed by atoms with van der Waals surface area (Å²) in [6.07, 6.45) is -3.54. The summed E-state index contributed by atoms with van der Waals surface area (Å²) >= 11 is 0. The van der Waals surface area contributed by atoms with E-state index >= 15 is 0 Å². The summed E-state index contributed by atoms with van der Waals surface area (Å²) in [5, 5.41) is 6.73. The van der Waals surface area contributed by atoms with Crippen LogP contribution in [0.4, 0.5) is 13.2 Å². The average Bonchev–Trinajstić information content (AvgIpc) is 3.02. The van der Waals surface area contributed by atoms with Crippen molar-refractivity contribution in [3.05, 3.63) is 52.8 Å². The van der Waals surface area contributed by atoms with Gasteiger partial charge < -0.3 is 9.64 Å². The Kier molecular flexibility index (Phi) is 4.31. The van der Waals surface area contributed by atoms with E-state index in [0.29, 0.717) is 13.0 Å². The van der Waals surface area contributed by atoms with Crippen LogP contribution in [0.1, 0.15) is 28.5 Å². The molecule has 1 atom stereocenters. The predicted molar refractivity (Wildman–Crippen MR) is 78.9 cm³/mol. The Bertz CT molecular complexity index is 742. The Morgan fingerprint density at radius 3 is 2.83 bits per heavy atom. The predicted octanol–water partition coefficient (Wildman–Crippen LogP) is 2.70. The molecule has 1 aliphatic rings. The van der Waals surface area contributed by atoms with Crippen LogP contribution in [0.15, 0.2) is 30.5 Å². The minimum absolute atomic E-state index is 0.173. The summed E-state index contributed by atoms with van der Waals surface area (Å²) in [5.74, 6) is -0.491. The SMILES string of the molecule is CO[C@@H](C(=O)N1CCc2cn[nH]c2C1)c1ccccc1C(F)(F)F. The molecule has 128 valence electrons. The molecule has 1 N–H and O–H groups in total. The lowest BCUT2D eigenvalue weighted by Crippen LogP contribution is -2.39. The number of aromatic nitrogens is 2. The van der Waals surface area contributed by atoms with Crippen molar-refractivity contribution < 1.29 is 22.7 Å². The number of carbonyl (C=O) groups excluding carboxylic acids is 1. The number of H-pyrrole nitrogens is 1. The minimum Gasteiger partial charge on any atom is -0.367 e. The summed E-state index contributed by atoms with van der Waals surface area (Å²) in [6, 6.07) is 4.99. The molecule has 3 rings (SSSR count). The van der Waals surface area contributed by atoms with Gasteiger partial charge in [0.05, 0.1) is 24.0 Å². The molecule has 0 unspecified atom stereocenters. The molecular formula is C16H16F3N3O2. The van der Waals surface area contributed by atoms with Crippen molar-refractivity contribution in [2.24, 2.45) is 0 Å². The third-order valence-corrected chi connectivity index (χ3v) is 4.13. The number of benzene rings is 1. The Hall–Kier alpha value is -2.35. The van der Waals surface area contributed by atoms with Crippen LogP contribution in [0, 0.1) is 0 Å². The number of nitrogens with one attached hydrogen (secondary N) is 1. The highest BCUT2D eigenvalue weighted by molar-refractivity contribution is 5.83. The highest BCUT2D eigenvalue weighted by atomic mass is 19.4. The third kappa shape index (κ3) is 3.01. The fraction of sp³-hybridized carbons (Fsp3) is 0.375. The van der Waals surface area contributed by atoms with E-state index < -0.39 is 23.8 Å². The quantitative estimate of drug-likeness (QED) is 0.935. The van der Waals surface area contributed by atoms with Gasteiger partial charge in [0.25, 0.3) is 5.91 Å². The maximum absolute atomic E-state index is 13.2. The first-order chi connectivity index (χ1) is 11.4. The molecule has 2 heterocycles. The summed E-state index contributed by atoms with van der Waals surface area (Å²) in [4.78, 5) is 14.2. The monoisotopic (exact) mass is 339 g/mol. The zero-order chi connectivity index (χ0) is 17.3. The minimum atomic E-state index is -4.55. The first-order valence-corrected chi connectivity index (χ1v) is 7.40. The van der Waals surface area contributed by atoms with Crippen molar-refractivity contribution in [1.82, 2.24) is 15.1 Å². The van der Waals surface area contributed by atoms with E-state index in [2.05, 4.69) is 10.2 Å². The fourth-order valence-corrected chi connectivity index (χ4v) is 2.91. The topological polar surface area (TPSA) is 58.2 Å². The van der Waals surface area contributed by atoms with Crippen LogP contribution >= 0.6 is 0 Å². The molecule has 5 nitrogen and oxygen atoms in total. The number of hydrogen-bond acceptors (Lipinski definition) is 3. The van der Waals surface area contributed by atoms with Gasteiger partial charge in [-0.25, -0.2) is 0 Å². The molecule has 0 radical (unpaired) electrons. The van der Waals surface area contributed by atoms with Crippen molar-refractivity contribution >= 4 is 5.91 Å². The van der Waals surface area contributed by atoms with Crippen LogP contribution in [0.5, 0.6) is 0 Å². The number of amides is 1. The van der Waals surface area contributed by atoms with E-state index in [1.165, 1.54) is 30.2 Å². The second-order valence-corrected chi connectivity index (χ2v) is 5.58. The lowest BCUT2D eigenvalue weighted by atomic mass is 9.99. The number of ether oxygens (including phenoxy) is 1. The number of nitrogens with zero attached hydrogens (tertiary/aromatic N) is 2. The largest absolute Gasteiger partial charge is 0.416 e. The maximum Gasteiger partial charge on any atom is 0.416 e. The number of hydrogen-bond donors (Lipinski definition) is 1. The first kappa shape index (κ1) is 16.5. The van der Waals surface area contributed by atoms with Crippen molar-refractivity contribution in [2.75, 3.05) is 13.7 Å². The molecule has 0 saturated heterocycles.